The lowest BCUT2D eigenvalue weighted by Gasteiger charge is -2.26. The van der Waals surface area contributed by atoms with E-state index in [4.69, 9.17) is 34.6 Å². The summed E-state index contributed by atoms with van der Waals surface area (Å²) in [5.74, 6) is -3.48. The van der Waals surface area contributed by atoms with E-state index < -0.39 is 36.4 Å². The van der Waals surface area contributed by atoms with E-state index in [9.17, 15) is 14.4 Å². The number of nitrogens with zero attached hydrogens (tertiary/aromatic N) is 2. The SMILES string of the molecule is COc1cccc(CN(Cc2cn[nH]c2-c2ccccc2)CC2CCCO2)c1OC.O=C(O)CC(O)(CC(=O)O)C(=O)O. The zero-order valence-corrected chi connectivity index (χ0v) is 24.1. The second-order valence-electron chi connectivity index (χ2n) is 10.1. The number of carboxylic acids is 3. The van der Waals surface area contributed by atoms with Crippen LogP contribution in [0.5, 0.6) is 11.5 Å². The number of H-pyrrole nitrogens is 1. The van der Waals surface area contributed by atoms with Crippen molar-refractivity contribution in [3.63, 3.8) is 0 Å². The maximum Gasteiger partial charge on any atom is 0.336 e. The van der Waals surface area contributed by atoms with Gasteiger partial charge in [0.15, 0.2) is 17.1 Å². The number of hydrogen-bond acceptors (Lipinski definition) is 9. The highest BCUT2D eigenvalue weighted by atomic mass is 16.5. The molecule has 1 aliphatic rings. The second kappa shape index (κ2) is 15.7. The number of methoxy groups -OCH3 is 2. The first-order chi connectivity index (χ1) is 20.6. The summed E-state index contributed by atoms with van der Waals surface area (Å²) in [7, 11) is 3.36. The Bertz CT molecular complexity index is 1340. The zero-order chi connectivity index (χ0) is 31.4. The third-order valence-electron chi connectivity index (χ3n) is 6.82. The van der Waals surface area contributed by atoms with E-state index in [1.807, 2.05) is 36.5 Å². The van der Waals surface area contributed by atoms with Crippen molar-refractivity contribution >= 4 is 17.9 Å². The first-order valence-electron chi connectivity index (χ1n) is 13.6. The Morgan fingerprint density at radius 3 is 2.21 bits per heavy atom. The van der Waals surface area contributed by atoms with E-state index >= 15 is 0 Å². The van der Waals surface area contributed by atoms with Gasteiger partial charge in [0, 0.05) is 37.4 Å². The highest BCUT2D eigenvalue weighted by molar-refractivity contribution is 5.88. The van der Waals surface area contributed by atoms with Crippen molar-refractivity contribution < 1.29 is 49.0 Å². The van der Waals surface area contributed by atoms with Gasteiger partial charge in [0.25, 0.3) is 0 Å². The molecular weight excluding hydrogens is 562 g/mol. The van der Waals surface area contributed by atoms with E-state index in [1.54, 1.807) is 14.2 Å². The van der Waals surface area contributed by atoms with Gasteiger partial charge >= 0.3 is 17.9 Å². The van der Waals surface area contributed by atoms with Crippen molar-refractivity contribution in [2.24, 2.45) is 0 Å². The van der Waals surface area contributed by atoms with Crippen LogP contribution >= 0.6 is 0 Å². The highest BCUT2D eigenvalue weighted by Crippen LogP contribution is 2.32. The largest absolute Gasteiger partial charge is 0.493 e. The van der Waals surface area contributed by atoms with Crippen molar-refractivity contribution in [3.8, 4) is 22.8 Å². The molecule has 0 aliphatic carbocycles. The maximum atomic E-state index is 10.3. The first kappa shape index (κ1) is 33.0. The van der Waals surface area contributed by atoms with Crippen LogP contribution in [-0.4, -0.2) is 92.5 Å². The number of nitrogens with one attached hydrogen (secondary N) is 1. The summed E-state index contributed by atoms with van der Waals surface area (Å²) in [5, 5.41) is 41.3. The van der Waals surface area contributed by atoms with Gasteiger partial charge in [0.05, 0.1) is 45.1 Å². The Labute approximate surface area is 248 Å². The summed E-state index contributed by atoms with van der Waals surface area (Å²) in [6.07, 6.45) is 2.12. The van der Waals surface area contributed by atoms with Crippen LogP contribution in [0.3, 0.4) is 0 Å². The normalized spacial score (nSPS) is 14.6. The van der Waals surface area contributed by atoms with E-state index in [1.165, 1.54) is 5.56 Å². The van der Waals surface area contributed by atoms with E-state index in [0.29, 0.717) is 0 Å². The zero-order valence-electron chi connectivity index (χ0n) is 24.1. The summed E-state index contributed by atoms with van der Waals surface area (Å²) in [4.78, 5) is 32.9. The fourth-order valence-electron chi connectivity index (χ4n) is 4.82. The number of ether oxygens (including phenoxy) is 3. The van der Waals surface area contributed by atoms with Crippen LogP contribution in [0.2, 0.25) is 0 Å². The standard InChI is InChI=1S/C24H29N3O3.C6H8O7/c1-28-22-12-6-10-19(24(22)29-2)15-27(17-21-11-7-13-30-21)16-20-14-25-26-23(20)18-8-4-3-5-9-18;7-3(8)1-6(13,5(11)12)2-4(9)10/h3-6,8-10,12,14,21H,7,11,13,15-17H2,1-2H3,(H,25,26);13H,1-2H2,(H,7,8)(H,9,10)(H,11,12). The molecular formula is C30H37N3O10. The number of aromatic nitrogens is 2. The van der Waals surface area contributed by atoms with Crippen molar-refractivity contribution in [1.82, 2.24) is 15.1 Å². The van der Waals surface area contributed by atoms with Gasteiger partial charge in [-0.3, -0.25) is 19.6 Å². The molecule has 5 N–H and O–H groups in total. The molecule has 4 rings (SSSR count). The lowest BCUT2D eigenvalue weighted by molar-refractivity contribution is -0.170. The predicted octanol–water partition coefficient (Wildman–Crippen LogP) is 3.03. The van der Waals surface area contributed by atoms with Crippen molar-refractivity contribution in [2.45, 2.75) is 50.5 Å². The van der Waals surface area contributed by atoms with Crippen molar-refractivity contribution in [3.05, 3.63) is 65.9 Å². The fourth-order valence-corrected chi connectivity index (χ4v) is 4.82. The molecule has 1 atom stereocenters. The number of hydrogen-bond donors (Lipinski definition) is 5. The van der Waals surface area contributed by atoms with Crippen molar-refractivity contribution in [1.29, 1.82) is 0 Å². The van der Waals surface area contributed by atoms with E-state index in [-0.39, 0.29) is 6.10 Å². The Morgan fingerprint density at radius 1 is 0.977 bits per heavy atom. The minimum atomic E-state index is -2.74. The molecule has 43 heavy (non-hydrogen) atoms. The van der Waals surface area contributed by atoms with E-state index in [0.717, 1.165) is 67.4 Å². The molecule has 2 aromatic carbocycles. The topological polar surface area (TPSA) is 192 Å². The average Bonchev–Trinajstić information content (AvgIpc) is 3.65. The minimum Gasteiger partial charge on any atom is -0.493 e. The Morgan fingerprint density at radius 2 is 1.65 bits per heavy atom. The Hall–Kier alpha value is -4.46. The van der Waals surface area contributed by atoms with Gasteiger partial charge in [-0.2, -0.15) is 5.10 Å². The van der Waals surface area contributed by atoms with Crippen LogP contribution in [0.4, 0.5) is 0 Å². The van der Waals surface area contributed by atoms with Crippen LogP contribution in [0, 0.1) is 0 Å². The first-order valence-corrected chi connectivity index (χ1v) is 13.6. The van der Waals surface area contributed by atoms with Crippen LogP contribution < -0.4 is 9.47 Å². The van der Waals surface area contributed by atoms with Gasteiger partial charge in [-0.15, -0.1) is 0 Å². The molecule has 232 valence electrons. The molecule has 13 heteroatoms. The number of carboxylic acid groups (broad SMARTS) is 3. The monoisotopic (exact) mass is 599 g/mol. The van der Waals surface area contributed by atoms with Crippen LogP contribution in [0.1, 0.15) is 36.8 Å². The lowest BCUT2D eigenvalue weighted by Crippen LogP contribution is -2.42. The summed E-state index contributed by atoms with van der Waals surface area (Å²) < 4.78 is 17.1. The van der Waals surface area contributed by atoms with Crippen LogP contribution in [-0.2, 0) is 32.2 Å². The molecule has 0 amide bonds. The number of para-hydroxylation sites is 1. The van der Waals surface area contributed by atoms with Crippen LogP contribution in [0.25, 0.3) is 11.3 Å². The van der Waals surface area contributed by atoms with Gasteiger partial charge < -0.3 is 34.6 Å². The Kier molecular flexibility index (Phi) is 12.0. The Balaban J connectivity index is 0.000000331. The molecule has 1 fully saturated rings. The molecule has 0 bridgehead atoms. The molecule has 3 aromatic rings. The summed E-state index contributed by atoms with van der Waals surface area (Å²) in [5.41, 5.74) is 1.73. The third kappa shape index (κ3) is 9.53. The smallest absolute Gasteiger partial charge is 0.336 e. The molecule has 1 unspecified atom stereocenters. The number of aliphatic carboxylic acids is 3. The molecule has 13 nitrogen and oxygen atoms in total. The molecule has 1 aromatic heterocycles. The van der Waals surface area contributed by atoms with Gasteiger partial charge in [-0.1, -0.05) is 42.5 Å². The quantitative estimate of drug-likeness (QED) is 0.182. The molecule has 0 radical (unpaired) electrons. The number of rotatable bonds is 14. The summed E-state index contributed by atoms with van der Waals surface area (Å²) >= 11 is 0. The second-order valence-corrected chi connectivity index (χ2v) is 10.1. The van der Waals surface area contributed by atoms with Gasteiger partial charge in [0.1, 0.15) is 0 Å². The third-order valence-corrected chi connectivity index (χ3v) is 6.82. The fraction of sp³-hybridized carbons (Fsp3) is 0.400. The van der Waals surface area contributed by atoms with Gasteiger partial charge in [-0.25, -0.2) is 4.79 Å². The number of aliphatic hydroxyl groups is 1. The maximum absolute atomic E-state index is 10.3. The average molecular weight is 600 g/mol. The summed E-state index contributed by atoms with van der Waals surface area (Å²) in [6.45, 7) is 3.21. The van der Waals surface area contributed by atoms with Crippen molar-refractivity contribution in [2.75, 3.05) is 27.4 Å². The van der Waals surface area contributed by atoms with Gasteiger partial charge in [0.2, 0.25) is 0 Å². The highest BCUT2D eigenvalue weighted by Gasteiger charge is 2.40. The molecule has 0 spiro atoms. The number of aromatic amines is 1. The minimum absolute atomic E-state index is 0.258. The molecule has 1 saturated heterocycles. The predicted molar refractivity (Wildman–Crippen MR) is 154 cm³/mol. The lowest BCUT2D eigenvalue weighted by atomic mass is 9.96. The molecule has 0 saturated carbocycles. The molecule has 2 heterocycles. The summed E-state index contributed by atoms with van der Waals surface area (Å²) in [6, 6.07) is 16.4. The van der Waals surface area contributed by atoms with Gasteiger partial charge in [-0.05, 0) is 24.5 Å². The number of benzene rings is 2. The molecule has 1 aliphatic heterocycles. The van der Waals surface area contributed by atoms with Crippen LogP contribution in [0.15, 0.2) is 54.7 Å². The number of carbonyl (C=O) groups is 3. The van der Waals surface area contributed by atoms with E-state index in [2.05, 4.69) is 33.3 Å².